The van der Waals surface area contributed by atoms with E-state index in [4.69, 9.17) is 10.3 Å². The summed E-state index contributed by atoms with van der Waals surface area (Å²) in [5, 5.41) is 10.2. The van der Waals surface area contributed by atoms with Crippen molar-refractivity contribution in [2.45, 2.75) is 6.61 Å². The Balaban J connectivity index is 2.55. The van der Waals surface area contributed by atoms with Crippen LogP contribution in [0.15, 0.2) is 28.7 Å². The van der Waals surface area contributed by atoms with Gasteiger partial charge >= 0.3 is 0 Å². The fourth-order valence-corrected chi connectivity index (χ4v) is 1.25. The smallest absolute Gasteiger partial charge is 0.175 e. The number of para-hydroxylation sites is 1. The van der Waals surface area contributed by atoms with E-state index in [1.807, 2.05) is 6.07 Å². The van der Waals surface area contributed by atoms with Gasteiger partial charge in [-0.15, -0.1) is 0 Å². The lowest BCUT2D eigenvalue weighted by atomic mass is 10.2. The first-order valence-electron chi connectivity index (χ1n) is 3.83. The van der Waals surface area contributed by atoms with E-state index in [1.165, 1.54) is 0 Å². The van der Waals surface area contributed by atoms with Crippen molar-refractivity contribution in [1.29, 1.82) is 0 Å². The van der Waals surface area contributed by atoms with Crippen LogP contribution in [0, 0.1) is 0 Å². The first-order valence-corrected chi connectivity index (χ1v) is 3.83. The van der Waals surface area contributed by atoms with E-state index in [0.717, 1.165) is 5.39 Å². The summed E-state index contributed by atoms with van der Waals surface area (Å²) in [6.45, 7) is 0.203. The highest BCUT2D eigenvalue weighted by Gasteiger charge is 2.06. The Morgan fingerprint density at radius 2 is 2.31 bits per heavy atom. The Morgan fingerprint density at radius 3 is 3.00 bits per heavy atom. The van der Waals surface area contributed by atoms with Gasteiger partial charge in [-0.05, 0) is 12.1 Å². The molecule has 13 heavy (non-hydrogen) atoms. The van der Waals surface area contributed by atoms with E-state index >= 15 is 0 Å². The molecule has 4 heteroatoms. The fraction of sp³-hybridized carbons (Fsp3) is 0.111. The van der Waals surface area contributed by atoms with Gasteiger partial charge in [-0.25, -0.2) is 5.90 Å². The van der Waals surface area contributed by atoms with Crippen molar-refractivity contribution in [2.24, 2.45) is 5.90 Å². The SMILES string of the molecule is NOCc1cc2cccc(O)c2o1. The van der Waals surface area contributed by atoms with Crippen LogP contribution < -0.4 is 5.90 Å². The summed E-state index contributed by atoms with van der Waals surface area (Å²) >= 11 is 0. The van der Waals surface area contributed by atoms with Crippen molar-refractivity contribution in [3.63, 3.8) is 0 Å². The molecule has 1 aromatic carbocycles. The topological polar surface area (TPSA) is 68.6 Å². The second kappa shape index (κ2) is 3.08. The summed E-state index contributed by atoms with van der Waals surface area (Å²) in [7, 11) is 0. The minimum absolute atomic E-state index is 0.126. The number of fused-ring (bicyclic) bond motifs is 1. The summed E-state index contributed by atoms with van der Waals surface area (Å²) in [6.07, 6.45) is 0. The minimum atomic E-state index is 0.126. The summed E-state index contributed by atoms with van der Waals surface area (Å²) in [5.74, 6) is 5.62. The Kier molecular flexibility index (Phi) is 1.92. The van der Waals surface area contributed by atoms with Crippen LogP contribution in [-0.4, -0.2) is 5.11 Å². The second-order valence-electron chi connectivity index (χ2n) is 2.72. The number of benzene rings is 1. The van der Waals surface area contributed by atoms with Gasteiger partial charge in [0.2, 0.25) is 0 Å². The van der Waals surface area contributed by atoms with Gasteiger partial charge in [0.25, 0.3) is 0 Å². The van der Waals surface area contributed by atoms with Crippen LogP contribution in [0.5, 0.6) is 5.75 Å². The van der Waals surface area contributed by atoms with Gasteiger partial charge in [0.15, 0.2) is 11.3 Å². The zero-order chi connectivity index (χ0) is 9.26. The van der Waals surface area contributed by atoms with Crippen LogP contribution in [0.3, 0.4) is 0 Å². The quantitative estimate of drug-likeness (QED) is 0.686. The Labute approximate surface area is 74.5 Å². The van der Waals surface area contributed by atoms with Crippen molar-refractivity contribution in [1.82, 2.24) is 0 Å². The predicted molar refractivity (Wildman–Crippen MR) is 46.9 cm³/mol. The largest absolute Gasteiger partial charge is 0.504 e. The number of rotatable bonds is 2. The molecule has 0 amide bonds. The zero-order valence-corrected chi connectivity index (χ0v) is 6.86. The summed E-state index contributed by atoms with van der Waals surface area (Å²) in [4.78, 5) is 4.42. The van der Waals surface area contributed by atoms with E-state index in [9.17, 15) is 5.11 Å². The molecule has 4 nitrogen and oxygen atoms in total. The summed E-state index contributed by atoms with van der Waals surface area (Å²) < 4.78 is 5.28. The van der Waals surface area contributed by atoms with Crippen LogP contribution in [0.25, 0.3) is 11.0 Å². The lowest BCUT2D eigenvalue weighted by Gasteiger charge is -1.91. The van der Waals surface area contributed by atoms with Crippen LogP contribution in [0.2, 0.25) is 0 Å². The number of hydrogen-bond acceptors (Lipinski definition) is 4. The average molecular weight is 179 g/mol. The Morgan fingerprint density at radius 1 is 1.46 bits per heavy atom. The fourth-order valence-electron chi connectivity index (χ4n) is 1.25. The van der Waals surface area contributed by atoms with Crippen molar-refractivity contribution in [3.05, 3.63) is 30.0 Å². The molecule has 68 valence electrons. The van der Waals surface area contributed by atoms with E-state index < -0.39 is 0 Å². The van der Waals surface area contributed by atoms with E-state index in [2.05, 4.69) is 4.84 Å². The third-order valence-corrected chi connectivity index (χ3v) is 1.80. The highest BCUT2D eigenvalue weighted by molar-refractivity contribution is 5.83. The lowest BCUT2D eigenvalue weighted by molar-refractivity contribution is 0.110. The lowest BCUT2D eigenvalue weighted by Crippen LogP contribution is -1.96. The van der Waals surface area contributed by atoms with E-state index in [1.54, 1.807) is 18.2 Å². The molecule has 2 rings (SSSR count). The molecule has 0 aliphatic carbocycles. The van der Waals surface area contributed by atoms with Gasteiger partial charge in [0.05, 0.1) is 0 Å². The molecule has 0 saturated carbocycles. The molecule has 0 radical (unpaired) electrons. The van der Waals surface area contributed by atoms with Crippen molar-refractivity contribution < 1.29 is 14.4 Å². The molecule has 0 aliphatic rings. The summed E-state index contributed by atoms with van der Waals surface area (Å²) in [5.41, 5.74) is 0.467. The normalized spacial score (nSPS) is 10.8. The molecule has 1 aromatic heterocycles. The Bertz CT molecular complexity index is 422. The molecule has 0 aliphatic heterocycles. The maximum Gasteiger partial charge on any atom is 0.175 e. The minimum Gasteiger partial charge on any atom is -0.504 e. The molecule has 3 N–H and O–H groups in total. The van der Waals surface area contributed by atoms with Gasteiger partial charge in [-0.1, -0.05) is 12.1 Å². The number of nitrogens with two attached hydrogens (primary N) is 1. The van der Waals surface area contributed by atoms with Gasteiger partial charge in [-0.2, -0.15) is 0 Å². The molecule has 0 unspecified atom stereocenters. The number of aromatic hydroxyl groups is 1. The molecule has 0 saturated heterocycles. The second-order valence-corrected chi connectivity index (χ2v) is 2.72. The highest BCUT2D eigenvalue weighted by Crippen LogP contribution is 2.27. The number of furan rings is 1. The van der Waals surface area contributed by atoms with Gasteiger partial charge in [0.1, 0.15) is 12.4 Å². The molecule has 1 heterocycles. The van der Waals surface area contributed by atoms with Crippen molar-refractivity contribution >= 4 is 11.0 Å². The van der Waals surface area contributed by atoms with Crippen LogP contribution in [0.1, 0.15) is 5.76 Å². The van der Waals surface area contributed by atoms with Gasteiger partial charge in [0, 0.05) is 5.39 Å². The molecule has 2 aromatic rings. The number of phenolic OH excluding ortho intramolecular Hbond substituents is 1. The Hall–Kier alpha value is -1.52. The first kappa shape index (κ1) is 8.10. The first-order chi connectivity index (χ1) is 6.31. The zero-order valence-electron chi connectivity index (χ0n) is 6.86. The van der Waals surface area contributed by atoms with Crippen LogP contribution >= 0.6 is 0 Å². The molecule has 0 fully saturated rings. The van der Waals surface area contributed by atoms with Crippen LogP contribution in [0.4, 0.5) is 0 Å². The molecule has 0 atom stereocenters. The molecule has 0 bridgehead atoms. The predicted octanol–water partition coefficient (Wildman–Crippen LogP) is 1.53. The maximum absolute atomic E-state index is 9.39. The molecule has 0 spiro atoms. The standard InChI is InChI=1S/C9H9NO3/c10-12-5-7-4-6-2-1-3-8(11)9(6)13-7/h1-4,11H,5,10H2. The maximum atomic E-state index is 9.39. The third kappa shape index (κ3) is 1.37. The molecular weight excluding hydrogens is 170 g/mol. The van der Waals surface area contributed by atoms with E-state index in [-0.39, 0.29) is 12.4 Å². The highest BCUT2D eigenvalue weighted by atomic mass is 16.6. The summed E-state index contributed by atoms with van der Waals surface area (Å²) in [6, 6.07) is 6.94. The van der Waals surface area contributed by atoms with Gasteiger partial charge < -0.3 is 9.52 Å². The molecular formula is C9H9NO3. The van der Waals surface area contributed by atoms with Crippen LogP contribution in [-0.2, 0) is 11.4 Å². The number of hydrogen-bond donors (Lipinski definition) is 2. The van der Waals surface area contributed by atoms with Crippen molar-refractivity contribution in [2.75, 3.05) is 0 Å². The third-order valence-electron chi connectivity index (χ3n) is 1.80. The van der Waals surface area contributed by atoms with Gasteiger partial charge in [-0.3, -0.25) is 4.84 Å². The van der Waals surface area contributed by atoms with Crippen molar-refractivity contribution in [3.8, 4) is 5.75 Å². The average Bonchev–Trinajstić information content (AvgIpc) is 2.49. The monoisotopic (exact) mass is 179 g/mol. The number of phenols is 1. The van der Waals surface area contributed by atoms with E-state index in [0.29, 0.717) is 11.3 Å².